The molecule has 19 heteroatoms. The summed E-state index contributed by atoms with van der Waals surface area (Å²) in [7, 11) is -2.24. The molecule has 5 aromatic rings. The minimum atomic E-state index is -3.91. The second-order valence-corrected chi connectivity index (χ2v) is 22.6. The number of likely N-dealkylation sites (N-methyl/N-ethyl adjacent to an activating group) is 1. The first kappa shape index (κ1) is 52.1. The molecule has 17 nitrogen and oxygen atoms in total. The Morgan fingerprint density at radius 2 is 1.66 bits per heavy atom. The molecular formula is C51H67FN8O9S. The summed E-state index contributed by atoms with van der Waals surface area (Å²) in [6.07, 6.45) is 4.08. The normalized spacial score (nSPS) is 18.4. The standard InChI is InChI=1S/C51H67FN8O9S/c1-31(53-8)47(61)57-45(50(2,3)4)49(63)60-30-34(27-42(60)48(62)56-38-15-11-13-32-12-9-10-14-35(32)38)68-24-22-66-20-21-67-23-25-69-43-29-41-36(28-44(43)70(64,65)51(5,6)7)39(18-19-54-41)55-46-37-26-33(52)16-17-40(37)58-59-46/h9-10,12,14,16-19,26,28-29,31,34,38,42,45,53H,11,13,15,20-25,27,30H2,1-8H3,(H,56,62)(H,57,61)(H2,54,55,58,59)/t31-,34-,38-,42-,45?/m0/s1. The second-order valence-electron chi connectivity index (χ2n) is 20.0. The minimum absolute atomic E-state index is 0.0125. The molecule has 1 aliphatic carbocycles. The van der Waals surface area contributed by atoms with Crippen LogP contribution in [0, 0.1) is 11.2 Å². The molecule has 5 N–H and O–H groups in total. The first-order chi connectivity index (χ1) is 33.3. The van der Waals surface area contributed by atoms with Crippen LogP contribution in [-0.4, -0.2) is 128 Å². The monoisotopic (exact) mass is 986 g/mol. The number of nitrogens with zero attached hydrogens (tertiary/aromatic N) is 3. The number of hydrogen-bond acceptors (Lipinski definition) is 13. The van der Waals surface area contributed by atoms with Crippen LogP contribution in [0.15, 0.2) is 71.8 Å². The van der Waals surface area contributed by atoms with Gasteiger partial charge in [0.15, 0.2) is 15.7 Å². The summed E-state index contributed by atoms with van der Waals surface area (Å²) in [5.41, 5.74) is 3.27. The summed E-state index contributed by atoms with van der Waals surface area (Å²) in [4.78, 5) is 47.6. The van der Waals surface area contributed by atoms with Gasteiger partial charge in [-0.1, -0.05) is 45.0 Å². The van der Waals surface area contributed by atoms with Gasteiger partial charge in [-0.3, -0.25) is 24.5 Å². The number of rotatable bonds is 20. The predicted octanol–water partition coefficient (Wildman–Crippen LogP) is 6.30. The van der Waals surface area contributed by atoms with Crippen LogP contribution in [0.5, 0.6) is 5.75 Å². The van der Waals surface area contributed by atoms with Gasteiger partial charge in [0.2, 0.25) is 17.7 Å². The smallest absolute Gasteiger partial charge is 0.246 e. The molecule has 0 saturated carbocycles. The zero-order chi connectivity index (χ0) is 50.4. The lowest BCUT2D eigenvalue weighted by molar-refractivity contribution is -0.144. The third-order valence-electron chi connectivity index (χ3n) is 12.9. The molecule has 0 spiro atoms. The first-order valence-corrected chi connectivity index (χ1v) is 25.4. The van der Waals surface area contributed by atoms with Gasteiger partial charge >= 0.3 is 0 Å². The molecule has 1 fully saturated rings. The number of fused-ring (bicyclic) bond motifs is 3. The van der Waals surface area contributed by atoms with Gasteiger partial charge in [0.1, 0.15) is 35.2 Å². The topological polar surface area (TPSA) is 215 Å². The SMILES string of the molecule is CN[C@@H](C)C(=O)NC(C(=O)N1C[C@@H](OCCOCCOCCOc2cc3nccc(Nc4n[nH]c5ccc(F)cc45)c3cc2S(=O)(=O)C(C)(C)C)C[C@H]1C(=O)N[C@H]1CCCc2ccccc21)C(C)(C)C. The summed E-state index contributed by atoms with van der Waals surface area (Å²) >= 11 is 0. The molecule has 2 aliphatic rings. The van der Waals surface area contributed by atoms with Crippen molar-refractivity contribution in [2.75, 3.05) is 58.6 Å². The van der Waals surface area contributed by atoms with Crippen LogP contribution >= 0.6 is 0 Å². The van der Waals surface area contributed by atoms with E-state index in [0.29, 0.717) is 33.3 Å². The van der Waals surface area contributed by atoms with Gasteiger partial charge < -0.3 is 45.1 Å². The van der Waals surface area contributed by atoms with E-state index in [4.69, 9.17) is 18.9 Å². The van der Waals surface area contributed by atoms with E-state index >= 15 is 0 Å². The van der Waals surface area contributed by atoms with Crippen molar-refractivity contribution in [2.45, 2.75) is 114 Å². The molecule has 3 heterocycles. The van der Waals surface area contributed by atoms with Crippen molar-refractivity contribution in [3.05, 3.63) is 83.8 Å². The van der Waals surface area contributed by atoms with Crippen LogP contribution in [0.1, 0.15) is 84.9 Å². The number of benzene rings is 3. The fraction of sp³-hybridized carbons (Fsp3) is 0.510. The van der Waals surface area contributed by atoms with E-state index in [0.717, 1.165) is 24.8 Å². The number of aromatic nitrogens is 3. The highest BCUT2D eigenvalue weighted by Crippen LogP contribution is 2.38. The number of halogens is 1. The lowest BCUT2D eigenvalue weighted by Gasteiger charge is -2.36. The number of anilines is 2. The van der Waals surface area contributed by atoms with E-state index in [1.165, 1.54) is 23.8 Å². The molecule has 2 aromatic heterocycles. The van der Waals surface area contributed by atoms with Crippen molar-refractivity contribution in [1.82, 2.24) is 36.0 Å². The Morgan fingerprint density at radius 1 is 0.929 bits per heavy atom. The Hall–Kier alpha value is -5.73. The number of carbonyl (C=O) groups is 3. The molecule has 0 bridgehead atoms. The molecule has 7 rings (SSSR count). The Morgan fingerprint density at radius 3 is 2.39 bits per heavy atom. The molecule has 1 saturated heterocycles. The number of ether oxygens (including phenoxy) is 4. The van der Waals surface area contributed by atoms with Crippen molar-refractivity contribution in [2.24, 2.45) is 5.41 Å². The number of amides is 3. The molecule has 378 valence electrons. The van der Waals surface area contributed by atoms with E-state index in [1.807, 2.05) is 39.0 Å². The number of aromatic amines is 1. The third kappa shape index (κ3) is 12.1. The first-order valence-electron chi connectivity index (χ1n) is 23.9. The second kappa shape index (κ2) is 22.1. The number of carbonyl (C=O) groups excluding carboxylic acids is 3. The Kier molecular flexibility index (Phi) is 16.5. The maximum absolute atomic E-state index is 14.4. The van der Waals surface area contributed by atoms with Crippen LogP contribution in [-0.2, 0) is 44.9 Å². The van der Waals surface area contributed by atoms with Crippen LogP contribution in [0.2, 0.25) is 0 Å². The lowest BCUT2D eigenvalue weighted by atomic mass is 9.85. The summed E-state index contributed by atoms with van der Waals surface area (Å²) in [5.74, 6) is -0.839. The highest BCUT2D eigenvalue weighted by molar-refractivity contribution is 7.92. The molecule has 70 heavy (non-hydrogen) atoms. The van der Waals surface area contributed by atoms with E-state index in [9.17, 15) is 27.2 Å². The highest BCUT2D eigenvalue weighted by atomic mass is 32.2. The van der Waals surface area contributed by atoms with Gasteiger partial charge in [0, 0.05) is 36.0 Å². The van der Waals surface area contributed by atoms with Crippen molar-refractivity contribution < 1.29 is 46.1 Å². The maximum atomic E-state index is 14.4. The molecule has 0 radical (unpaired) electrons. The number of aryl methyl sites for hydroxylation is 1. The van der Waals surface area contributed by atoms with Crippen LogP contribution in [0.3, 0.4) is 0 Å². The number of likely N-dealkylation sites (tertiary alicyclic amines) is 1. The Bertz CT molecular complexity index is 2770. The predicted molar refractivity (Wildman–Crippen MR) is 265 cm³/mol. The molecular weight excluding hydrogens is 920 g/mol. The van der Waals surface area contributed by atoms with Gasteiger partial charge in [0.25, 0.3) is 0 Å². The summed E-state index contributed by atoms with van der Waals surface area (Å²) in [6.45, 7) is 13.5. The van der Waals surface area contributed by atoms with Crippen LogP contribution < -0.4 is 26.0 Å². The minimum Gasteiger partial charge on any atom is -0.490 e. The Balaban J connectivity index is 0.924. The average Bonchev–Trinajstić information content (AvgIpc) is 3.94. The average molecular weight is 987 g/mol. The lowest BCUT2D eigenvalue weighted by Crippen LogP contribution is -2.59. The van der Waals surface area contributed by atoms with Crippen LogP contribution in [0.4, 0.5) is 15.9 Å². The zero-order valence-electron chi connectivity index (χ0n) is 41.3. The molecule has 3 amide bonds. The van der Waals surface area contributed by atoms with Gasteiger partial charge in [-0.15, -0.1) is 0 Å². The number of H-pyrrole nitrogens is 1. The molecule has 1 unspecified atom stereocenters. The fourth-order valence-electron chi connectivity index (χ4n) is 8.73. The van der Waals surface area contributed by atoms with E-state index in [2.05, 4.69) is 42.5 Å². The van der Waals surface area contributed by atoms with Gasteiger partial charge in [0.05, 0.1) is 72.7 Å². The summed E-state index contributed by atoms with van der Waals surface area (Å²) in [5, 5.41) is 20.5. The number of nitrogens with one attached hydrogen (secondary N) is 5. The zero-order valence-corrected chi connectivity index (χ0v) is 42.1. The van der Waals surface area contributed by atoms with E-state index < -0.39 is 50.0 Å². The van der Waals surface area contributed by atoms with Gasteiger partial charge in [-0.25, -0.2) is 12.8 Å². The van der Waals surface area contributed by atoms with Gasteiger partial charge in [-0.05, 0) is 101 Å². The van der Waals surface area contributed by atoms with E-state index in [1.54, 1.807) is 64.0 Å². The number of pyridine rings is 1. The van der Waals surface area contributed by atoms with Crippen LogP contribution in [0.25, 0.3) is 21.8 Å². The van der Waals surface area contributed by atoms with Crippen molar-refractivity contribution in [3.63, 3.8) is 0 Å². The van der Waals surface area contributed by atoms with Crippen molar-refractivity contribution in [3.8, 4) is 5.75 Å². The number of sulfone groups is 1. The van der Waals surface area contributed by atoms with E-state index in [-0.39, 0.29) is 87.0 Å². The summed E-state index contributed by atoms with van der Waals surface area (Å²) < 4.78 is 64.7. The fourth-order valence-corrected chi connectivity index (χ4v) is 10.0. The molecule has 3 aromatic carbocycles. The number of hydrogen-bond donors (Lipinski definition) is 5. The highest BCUT2D eigenvalue weighted by Gasteiger charge is 2.46. The quantitative estimate of drug-likeness (QED) is 0.0543. The summed E-state index contributed by atoms with van der Waals surface area (Å²) in [6, 6.07) is 14.8. The van der Waals surface area contributed by atoms with Crippen molar-refractivity contribution in [1.29, 1.82) is 0 Å². The van der Waals surface area contributed by atoms with Gasteiger partial charge in [-0.2, -0.15) is 5.10 Å². The maximum Gasteiger partial charge on any atom is 0.246 e. The van der Waals surface area contributed by atoms with Crippen molar-refractivity contribution >= 4 is 60.9 Å². The Labute approximate surface area is 409 Å². The largest absolute Gasteiger partial charge is 0.490 e. The molecule has 5 atom stereocenters. The third-order valence-corrected chi connectivity index (χ3v) is 15.4. The molecule has 1 aliphatic heterocycles.